The first kappa shape index (κ1) is 11.6. The summed E-state index contributed by atoms with van der Waals surface area (Å²) in [6, 6.07) is 8.76. The van der Waals surface area contributed by atoms with Crippen LogP contribution >= 0.6 is 11.3 Å². The number of anilines is 1. The quantitative estimate of drug-likeness (QED) is 0.785. The molecule has 0 spiro atoms. The van der Waals surface area contributed by atoms with Gasteiger partial charge in [0.2, 0.25) is 5.95 Å². The van der Waals surface area contributed by atoms with Crippen molar-refractivity contribution in [2.45, 2.75) is 18.5 Å². The summed E-state index contributed by atoms with van der Waals surface area (Å²) in [6.07, 6.45) is 6.26. The lowest BCUT2D eigenvalue weighted by atomic mass is 9.98. The van der Waals surface area contributed by atoms with E-state index in [9.17, 15) is 0 Å². The molecule has 0 unspecified atom stereocenters. The lowest BCUT2D eigenvalue weighted by molar-refractivity contribution is 0.436. The summed E-state index contributed by atoms with van der Waals surface area (Å²) in [6.45, 7) is 0. The minimum atomic E-state index is 0.215. The molecule has 3 aromatic rings. The number of thiophene rings is 1. The standard InChI is InChI=1S/C14H13N5S/c1-3-10(8-15-5-1)11-7-12(13-4-2-6-20-13)19-14(18-11)16-9-17-19/h1-6,8-9,11-12H,7H2,(H,16,17,18)/t11-,12-/m0/s1. The van der Waals surface area contributed by atoms with Crippen LogP contribution in [0.3, 0.4) is 0 Å². The van der Waals surface area contributed by atoms with Crippen LogP contribution in [0.5, 0.6) is 0 Å². The average Bonchev–Trinajstić information content (AvgIpc) is 3.18. The fourth-order valence-corrected chi connectivity index (χ4v) is 3.46. The minimum Gasteiger partial charge on any atom is -0.347 e. The lowest BCUT2D eigenvalue weighted by Crippen LogP contribution is -2.27. The molecular weight excluding hydrogens is 270 g/mol. The van der Waals surface area contributed by atoms with E-state index in [2.05, 4.69) is 44.0 Å². The number of hydrogen-bond acceptors (Lipinski definition) is 5. The molecule has 20 heavy (non-hydrogen) atoms. The predicted molar refractivity (Wildman–Crippen MR) is 77.7 cm³/mol. The van der Waals surface area contributed by atoms with Crippen LogP contribution in [0, 0.1) is 0 Å². The largest absolute Gasteiger partial charge is 0.347 e. The third-order valence-electron chi connectivity index (χ3n) is 3.59. The first-order chi connectivity index (χ1) is 9.92. The first-order valence-electron chi connectivity index (χ1n) is 6.51. The van der Waals surface area contributed by atoms with Gasteiger partial charge in [0.15, 0.2) is 0 Å². The van der Waals surface area contributed by atoms with Gasteiger partial charge in [-0.25, -0.2) is 4.68 Å². The summed E-state index contributed by atoms with van der Waals surface area (Å²) in [5, 5.41) is 9.90. The SMILES string of the molecule is c1cncc([C@@H]2C[C@@H](c3cccs3)n3ncnc3N2)c1. The highest BCUT2D eigenvalue weighted by molar-refractivity contribution is 7.10. The van der Waals surface area contributed by atoms with Crippen LogP contribution in [0.25, 0.3) is 0 Å². The van der Waals surface area contributed by atoms with E-state index in [-0.39, 0.29) is 12.1 Å². The zero-order chi connectivity index (χ0) is 13.4. The number of nitrogens with zero attached hydrogens (tertiary/aromatic N) is 4. The third-order valence-corrected chi connectivity index (χ3v) is 4.56. The second-order valence-corrected chi connectivity index (χ2v) is 5.76. The highest BCUT2D eigenvalue weighted by atomic mass is 32.1. The van der Waals surface area contributed by atoms with Crippen molar-refractivity contribution >= 4 is 17.3 Å². The normalized spacial score (nSPS) is 21.2. The smallest absolute Gasteiger partial charge is 0.222 e. The van der Waals surface area contributed by atoms with Crippen molar-refractivity contribution in [1.82, 2.24) is 19.7 Å². The molecule has 1 aliphatic heterocycles. The molecule has 4 rings (SSSR count). The second-order valence-electron chi connectivity index (χ2n) is 4.78. The highest BCUT2D eigenvalue weighted by Crippen LogP contribution is 2.38. The van der Waals surface area contributed by atoms with E-state index in [0.29, 0.717) is 0 Å². The number of fused-ring (bicyclic) bond motifs is 1. The Labute approximate surface area is 120 Å². The van der Waals surface area contributed by atoms with Crippen molar-refractivity contribution in [3.8, 4) is 0 Å². The number of hydrogen-bond donors (Lipinski definition) is 1. The molecule has 0 saturated heterocycles. The van der Waals surface area contributed by atoms with Gasteiger partial charge in [-0.1, -0.05) is 12.1 Å². The molecular formula is C14H13N5S. The molecule has 0 bridgehead atoms. The molecule has 100 valence electrons. The monoisotopic (exact) mass is 283 g/mol. The van der Waals surface area contributed by atoms with Gasteiger partial charge in [0.25, 0.3) is 0 Å². The maximum atomic E-state index is 4.36. The van der Waals surface area contributed by atoms with E-state index < -0.39 is 0 Å². The van der Waals surface area contributed by atoms with Crippen molar-refractivity contribution in [2.75, 3.05) is 5.32 Å². The molecule has 3 aromatic heterocycles. The molecule has 0 fully saturated rings. The summed E-state index contributed by atoms with van der Waals surface area (Å²) < 4.78 is 1.97. The molecule has 1 aliphatic rings. The van der Waals surface area contributed by atoms with E-state index in [1.165, 1.54) is 10.4 Å². The van der Waals surface area contributed by atoms with Crippen LogP contribution in [-0.4, -0.2) is 19.7 Å². The lowest BCUT2D eigenvalue weighted by Gasteiger charge is -2.30. The highest BCUT2D eigenvalue weighted by Gasteiger charge is 2.30. The van der Waals surface area contributed by atoms with Crippen LogP contribution in [0.4, 0.5) is 5.95 Å². The molecule has 6 heteroatoms. The maximum Gasteiger partial charge on any atom is 0.222 e. The van der Waals surface area contributed by atoms with Gasteiger partial charge >= 0.3 is 0 Å². The second kappa shape index (κ2) is 4.72. The Bertz CT molecular complexity index is 691. The van der Waals surface area contributed by atoms with E-state index in [1.54, 1.807) is 23.9 Å². The summed E-state index contributed by atoms with van der Waals surface area (Å²) >= 11 is 1.76. The number of pyridine rings is 1. The van der Waals surface area contributed by atoms with Crippen molar-refractivity contribution < 1.29 is 0 Å². The third kappa shape index (κ3) is 1.89. The van der Waals surface area contributed by atoms with E-state index >= 15 is 0 Å². The molecule has 4 heterocycles. The molecule has 0 amide bonds. The Balaban J connectivity index is 1.74. The number of aromatic nitrogens is 4. The van der Waals surface area contributed by atoms with Crippen molar-refractivity contribution in [1.29, 1.82) is 0 Å². The Hall–Kier alpha value is -2.21. The van der Waals surface area contributed by atoms with Crippen LogP contribution in [0.2, 0.25) is 0 Å². The Morgan fingerprint density at radius 3 is 3.10 bits per heavy atom. The fourth-order valence-electron chi connectivity index (χ4n) is 2.64. The zero-order valence-corrected chi connectivity index (χ0v) is 11.5. The molecule has 2 atom stereocenters. The average molecular weight is 283 g/mol. The molecule has 0 saturated carbocycles. The van der Waals surface area contributed by atoms with Crippen LogP contribution in [0.1, 0.15) is 28.9 Å². The molecule has 5 nitrogen and oxygen atoms in total. The number of rotatable bonds is 2. The van der Waals surface area contributed by atoms with Gasteiger partial charge in [0.05, 0.1) is 12.1 Å². The van der Waals surface area contributed by atoms with Crippen LogP contribution in [0.15, 0.2) is 48.4 Å². The summed E-state index contributed by atoms with van der Waals surface area (Å²) in [7, 11) is 0. The van der Waals surface area contributed by atoms with Gasteiger partial charge in [-0.15, -0.1) is 11.3 Å². The zero-order valence-electron chi connectivity index (χ0n) is 10.7. The van der Waals surface area contributed by atoms with Gasteiger partial charge in [-0.05, 0) is 29.5 Å². The van der Waals surface area contributed by atoms with E-state index in [0.717, 1.165) is 12.4 Å². The van der Waals surface area contributed by atoms with Crippen molar-refractivity contribution in [3.05, 3.63) is 58.8 Å². The van der Waals surface area contributed by atoms with Gasteiger partial charge in [0.1, 0.15) is 6.33 Å². The molecule has 0 radical (unpaired) electrons. The van der Waals surface area contributed by atoms with E-state index in [4.69, 9.17) is 0 Å². The van der Waals surface area contributed by atoms with Gasteiger partial charge in [-0.3, -0.25) is 4.98 Å². The Kier molecular flexibility index (Phi) is 2.74. The van der Waals surface area contributed by atoms with Gasteiger partial charge in [-0.2, -0.15) is 10.1 Å². The first-order valence-corrected chi connectivity index (χ1v) is 7.39. The molecule has 0 aromatic carbocycles. The van der Waals surface area contributed by atoms with Crippen LogP contribution in [-0.2, 0) is 0 Å². The van der Waals surface area contributed by atoms with Crippen LogP contribution < -0.4 is 5.32 Å². The fraction of sp³-hybridized carbons (Fsp3) is 0.214. The van der Waals surface area contributed by atoms with Crippen molar-refractivity contribution in [2.24, 2.45) is 0 Å². The summed E-state index contributed by atoms with van der Waals surface area (Å²) in [5.74, 6) is 0.823. The van der Waals surface area contributed by atoms with E-state index in [1.807, 2.05) is 16.9 Å². The molecule has 0 aliphatic carbocycles. The topological polar surface area (TPSA) is 55.6 Å². The van der Waals surface area contributed by atoms with Gasteiger partial charge < -0.3 is 5.32 Å². The minimum absolute atomic E-state index is 0.215. The van der Waals surface area contributed by atoms with Gasteiger partial charge in [0, 0.05) is 17.3 Å². The molecule has 1 N–H and O–H groups in total. The Morgan fingerprint density at radius 2 is 2.30 bits per heavy atom. The summed E-state index contributed by atoms with van der Waals surface area (Å²) in [4.78, 5) is 9.84. The predicted octanol–water partition coefficient (Wildman–Crippen LogP) is 2.88. The summed E-state index contributed by atoms with van der Waals surface area (Å²) in [5.41, 5.74) is 1.18. The Morgan fingerprint density at radius 1 is 1.30 bits per heavy atom. The number of nitrogens with one attached hydrogen (secondary N) is 1. The maximum absolute atomic E-state index is 4.36. The van der Waals surface area contributed by atoms with Crippen molar-refractivity contribution in [3.63, 3.8) is 0 Å².